The summed E-state index contributed by atoms with van der Waals surface area (Å²) in [6.45, 7) is 1.94. The number of hydrogen-bond acceptors (Lipinski definition) is 5. The molecular formula is C15H14F3N3O3. The van der Waals surface area contributed by atoms with Gasteiger partial charge in [0.2, 0.25) is 11.8 Å². The van der Waals surface area contributed by atoms with Gasteiger partial charge >= 0.3 is 6.36 Å². The molecule has 1 unspecified atom stereocenters. The number of ether oxygens (including phenoxy) is 1. The Labute approximate surface area is 135 Å². The summed E-state index contributed by atoms with van der Waals surface area (Å²) < 4.78 is 45.5. The Bertz CT molecular complexity index is 728. The second kappa shape index (κ2) is 6.14. The monoisotopic (exact) mass is 341 g/mol. The topological polar surface area (TPSA) is 68.5 Å². The van der Waals surface area contributed by atoms with Crippen molar-refractivity contribution in [3.05, 3.63) is 41.5 Å². The predicted octanol–water partition coefficient (Wildman–Crippen LogP) is 3.14. The number of carbonyl (C=O) groups is 1. The molecule has 9 heteroatoms. The van der Waals surface area contributed by atoms with Gasteiger partial charge in [-0.1, -0.05) is 17.3 Å². The maximum absolute atomic E-state index is 12.2. The third-order valence-corrected chi connectivity index (χ3v) is 3.67. The molecule has 0 saturated carbocycles. The number of aryl methyl sites for hydroxylation is 1. The maximum Gasteiger partial charge on any atom is 0.573 e. The van der Waals surface area contributed by atoms with Crippen molar-refractivity contribution in [1.29, 1.82) is 0 Å². The van der Waals surface area contributed by atoms with Crippen molar-refractivity contribution in [2.24, 2.45) is 0 Å². The standard InChI is InChI=1S/C15H14F3N3O3/c1-9-19-14(24-20-9)12-6-7-13(22)21(12)8-10-2-4-11(5-3-10)23-15(16,17)18/h2-5,12H,6-8H2,1H3. The van der Waals surface area contributed by atoms with Crippen LogP contribution >= 0.6 is 0 Å². The number of hydrogen-bond donors (Lipinski definition) is 0. The minimum absolute atomic E-state index is 0.0635. The van der Waals surface area contributed by atoms with Gasteiger partial charge in [0.1, 0.15) is 11.8 Å². The first-order valence-electron chi connectivity index (χ1n) is 7.26. The fourth-order valence-electron chi connectivity index (χ4n) is 2.63. The van der Waals surface area contributed by atoms with Crippen LogP contribution in [0.3, 0.4) is 0 Å². The second-order valence-corrected chi connectivity index (χ2v) is 5.45. The fourth-order valence-corrected chi connectivity index (χ4v) is 2.63. The highest BCUT2D eigenvalue weighted by Crippen LogP contribution is 2.33. The Kier molecular flexibility index (Phi) is 4.16. The van der Waals surface area contributed by atoms with Crippen molar-refractivity contribution in [1.82, 2.24) is 15.0 Å². The third kappa shape index (κ3) is 3.66. The molecule has 128 valence electrons. The van der Waals surface area contributed by atoms with Crippen LogP contribution in [0.25, 0.3) is 0 Å². The highest BCUT2D eigenvalue weighted by Gasteiger charge is 2.36. The fraction of sp³-hybridized carbons (Fsp3) is 0.400. The van der Waals surface area contributed by atoms with Gasteiger partial charge < -0.3 is 14.2 Å². The first-order valence-corrected chi connectivity index (χ1v) is 7.26. The first-order chi connectivity index (χ1) is 11.3. The third-order valence-electron chi connectivity index (χ3n) is 3.67. The molecule has 24 heavy (non-hydrogen) atoms. The Morgan fingerprint density at radius 3 is 2.62 bits per heavy atom. The van der Waals surface area contributed by atoms with Gasteiger partial charge in [0.05, 0.1) is 0 Å². The average molecular weight is 341 g/mol. The lowest BCUT2D eigenvalue weighted by molar-refractivity contribution is -0.274. The zero-order valence-electron chi connectivity index (χ0n) is 12.7. The molecule has 2 aromatic rings. The second-order valence-electron chi connectivity index (χ2n) is 5.45. The minimum Gasteiger partial charge on any atom is -0.406 e. The molecule has 2 heterocycles. The SMILES string of the molecule is Cc1noc(C2CCC(=O)N2Cc2ccc(OC(F)(F)F)cc2)n1. The molecule has 1 aliphatic heterocycles. The summed E-state index contributed by atoms with van der Waals surface area (Å²) in [5, 5.41) is 3.73. The normalized spacial score (nSPS) is 18.2. The number of rotatable bonds is 4. The molecule has 1 aromatic carbocycles. The van der Waals surface area contributed by atoms with E-state index in [0.717, 1.165) is 0 Å². The van der Waals surface area contributed by atoms with Crippen LogP contribution in [-0.2, 0) is 11.3 Å². The van der Waals surface area contributed by atoms with Crippen molar-refractivity contribution < 1.29 is 27.2 Å². The molecule has 0 radical (unpaired) electrons. The summed E-state index contributed by atoms with van der Waals surface area (Å²) in [6.07, 6.45) is -3.80. The Morgan fingerprint density at radius 1 is 1.33 bits per heavy atom. The van der Waals surface area contributed by atoms with Crippen molar-refractivity contribution >= 4 is 5.91 Å². The molecule has 1 atom stereocenters. The van der Waals surface area contributed by atoms with E-state index in [1.807, 2.05) is 0 Å². The lowest BCUT2D eigenvalue weighted by Crippen LogP contribution is -2.27. The number of halogens is 3. The van der Waals surface area contributed by atoms with E-state index in [-0.39, 0.29) is 24.2 Å². The summed E-state index contributed by atoms with van der Waals surface area (Å²) in [5.74, 6) is 0.489. The summed E-state index contributed by atoms with van der Waals surface area (Å²) in [7, 11) is 0. The van der Waals surface area contributed by atoms with Crippen LogP contribution in [0.4, 0.5) is 13.2 Å². The van der Waals surface area contributed by atoms with Gasteiger partial charge in [-0.2, -0.15) is 4.98 Å². The summed E-state index contributed by atoms with van der Waals surface area (Å²) in [4.78, 5) is 17.8. The van der Waals surface area contributed by atoms with E-state index in [1.165, 1.54) is 24.3 Å². The molecule has 0 spiro atoms. The highest BCUT2D eigenvalue weighted by molar-refractivity contribution is 5.78. The molecule has 0 aliphatic carbocycles. The van der Waals surface area contributed by atoms with E-state index in [2.05, 4.69) is 14.9 Å². The molecule has 0 bridgehead atoms. The number of carbonyl (C=O) groups excluding carboxylic acids is 1. The van der Waals surface area contributed by atoms with Crippen molar-refractivity contribution in [2.75, 3.05) is 0 Å². The Balaban J connectivity index is 1.72. The lowest BCUT2D eigenvalue weighted by atomic mass is 10.1. The van der Waals surface area contributed by atoms with E-state index in [9.17, 15) is 18.0 Å². The van der Waals surface area contributed by atoms with Gasteiger partial charge in [-0.15, -0.1) is 13.2 Å². The molecule has 1 aliphatic rings. The number of amides is 1. The van der Waals surface area contributed by atoms with Gasteiger partial charge in [-0.25, -0.2) is 0 Å². The Morgan fingerprint density at radius 2 is 2.04 bits per heavy atom. The van der Waals surface area contributed by atoms with E-state index in [4.69, 9.17) is 4.52 Å². The van der Waals surface area contributed by atoms with Gasteiger partial charge in [-0.05, 0) is 31.0 Å². The zero-order chi connectivity index (χ0) is 17.3. The molecular weight excluding hydrogens is 327 g/mol. The minimum atomic E-state index is -4.73. The Hall–Kier alpha value is -2.58. The van der Waals surface area contributed by atoms with Crippen LogP contribution < -0.4 is 4.74 Å². The van der Waals surface area contributed by atoms with E-state index in [0.29, 0.717) is 30.1 Å². The number of alkyl halides is 3. The van der Waals surface area contributed by atoms with Crippen molar-refractivity contribution in [3.63, 3.8) is 0 Å². The van der Waals surface area contributed by atoms with Crippen molar-refractivity contribution in [2.45, 2.75) is 38.7 Å². The average Bonchev–Trinajstić information content (AvgIpc) is 3.07. The van der Waals surface area contributed by atoms with E-state index < -0.39 is 6.36 Å². The molecule has 1 fully saturated rings. The maximum atomic E-state index is 12.2. The smallest absolute Gasteiger partial charge is 0.406 e. The molecule has 1 saturated heterocycles. The molecule has 1 aromatic heterocycles. The van der Waals surface area contributed by atoms with E-state index in [1.54, 1.807) is 11.8 Å². The number of nitrogens with zero attached hydrogens (tertiary/aromatic N) is 3. The molecule has 3 rings (SSSR count). The highest BCUT2D eigenvalue weighted by atomic mass is 19.4. The van der Waals surface area contributed by atoms with Gasteiger partial charge in [0.25, 0.3) is 0 Å². The largest absolute Gasteiger partial charge is 0.573 e. The van der Waals surface area contributed by atoms with Gasteiger partial charge in [-0.3, -0.25) is 4.79 Å². The molecule has 6 nitrogen and oxygen atoms in total. The van der Waals surface area contributed by atoms with Crippen LogP contribution in [0.2, 0.25) is 0 Å². The zero-order valence-corrected chi connectivity index (χ0v) is 12.7. The molecule has 1 amide bonds. The summed E-state index contributed by atoms with van der Waals surface area (Å²) in [6, 6.07) is 5.10. The van der Waals surface area contributed by atoms with Crippen LogP contribution in [0, 0.1) is 6.92 Å². The van der Waals surface area contributed by atoms with E-state index >= 15 is 0 Å². The number of aromatic nitrogens is 2. The van der Waals surface area contributed by atoms with Crippen LogP contribution in [-0.4, -0.2) is 27.3 Å². The van der Waals surface area contributed by atoms with Crippen LogP contribution in [0.5, 0.6) is 5.75 Å². The predicted molar refractivity (Wildman–Crippen MR) is 74.7 cm³/mol. The van der Waals surface area contributed by atoms with Crippen LogP contribution in [0.15, 0.2) is 28.8 Å². The summed E-state index contributed by atoms with van der Waals surface area (Å²) in [5.41, 5.74) is 0.681. The van der Waals surface area contributed by atoms with Gasteiger partial charge in [0.15, 0.2) is 5.82 Å². The van der Waals surface area contributed by atoms with Crippen LogP contribution in [0.1, 0.15) is 36.2 Å². The first kappa shape index (κ1) is 16.3. The lowest BCUT2D eigenvalue weighted by Gasteiger charge is -2.22. The molecule has 0 N–H and O–H groups in total. The van der Waals surface area contributed by atoms with Gasteiger partial charge in [0, 0.05) is 13.0 Å². The summed E-state index contributed by atoms with van der Waals surface area (Å²) >= 11 is 0. The quantitative estimate of drug-likeness (QED) is 0.854. The number of likely N-dealkylation sites (tertiary alicyclic amines) is 1. The van der Waals surface area contributed by atoms with Crippen molar-refractivity contribution in [3.8, 4) is 5.75 Å². The number of benzene rings is 1.